The Kier molecular flexibility index (Phi) is 3.82. The van der Waals surface area contributed by atoms with Crippen molar-refractivity contribution in [2.45, 2.75) is 38.5 Å². The van der Waals surface area contributed by atoms with E-state index in [0.717, 1.165) is 0 Å². The van der Waals surface area contributed by atoms with Gasteiger partial charge >= 0.3 is 6.03 Å². The molecule has 2 saturated heterocycles. The number of urea groups is 1. The zero-order chi connectivity index (χ0) is 13.3. The molecular weight excluding hydrogens is 256 g/mol. The molecule has 3 unspecified atom stereocenters. The lowest BCUT2D eigenvalue weighted by atomic mass is 10.2. The van der Waals surface area contributed by atoms with Crippen molar-refractivity contribution in [3.8, 4) is 0 Å². The molecule has 7 heteroatoms. The van der Waals surface area contributed by atoms with Crippen molar-refractivity contribution in [2.75, 3.05) is 24.6 Å². The highest BCUT2D eigenvalue weighted by molar-refractivity contribution is 7.91. The number of nitrogens with zero attached hydrogens (tertiary/aromatic N) is 1. The zero-order valence-electron chi connectivity index (χ0n) is 10.8. The minimum absolute atomic E-state index is 0.0202. The van der Waals surface area contributed by atoms with Gasteiger partial charge in [-0.15, -0.1) is 0 Å². The van der Waals surface area contributed by atoms with Crippen LogP contribution in [0.15, 0.2) is 0 Å². The van der Waals surface area contributed by atoms with E-state index in [2.05, 4.69) is 5.32 Å². The second-order valence-electron chi connectivity index (χ2n) is 5.21. The van der Waals surface area contributed by atoms with E-state index in [1.807, 2.05) is 13.8 Å². The Morgan fingerprint density at radius 3 is 2.39 bits per heavy atom. The molecule has 0 bridgehead atoms. The highest BCUT2D eigenvalue weighted by atomic mass is 32.2. The van der Waals surface area contributed by atoms with Crippen LogP contribution in [0.5, 0.6) is 0 Å². The fraction of sp³-hybridized carbons (Fsp3) is 0.909. The van der Waals surface area contributed by atoms with Crippen LogP contribution in [0.25, 0.3) is 0 Å². The largest absolute Gasteiger partial charge is 0.372 e. The lowest BCUT2D eigenvalue weighted by Gasteiger charge is -2.35. The molecule has 1 N–H and O–H groups in total. The van der Waals surface area contributed by atoms with Gasteiger partial charge in [0.2, 0.25) is 0 Å². The molecule has 18 heavy (non-hydrogen) atoms. The average molecular weight is 276 g/mol. The van der Waals surface area contributed by atoms with E-state index in [1.54, 1.807) is 4.90 Å². The Morgan fingerprint density at radius 1 is 1.28 bits per heavy atom. The van der Waals surface area contributed by atoms with Gasteiger partial charge in [-0.1, -0.05) is 0 Å². The SMILES string of the molecule is CC1CN(C(=O)NC2CCS(=O)(=O)C2)CC(C)O1. The third kappa shape index (κ3) is 3.35. The number of nitrogens with one attached hydrogen (secondary N) is 1. The smallest absolute Gasteiger partial charge is 0.317 e. The number of morpholine rings is 1. The van der Waals surface area contributed by atoms with E-state index < -0.39 is 9.84 Å². The quantitative estimate of drug-likeness (QED) is 0.731. The summed E-state index contributed by atoms with van der Waals surface area (Å²) in [5.74, 6) is 0.238. The second-order valence-corrected chi connectivity index (χ2v) is 7.44. The molecule has 0 spiro atoms. The van der Waals surface area contributed by atoms with E-state index in [0.29, 0.717) is 19.5 Å². The van der Waals surface area contributed by atoms with Crippen molar-refractivity contribution in [1.29, 1.82) is 0 Å². The fourth-order valence-corrected chi connectivity index (χ4v) is 4.19. The maximum absolute atomic E-state index is 12.0. The minimum atomic E-state index is -2.95. The summed E-state index contributed by atoms with van der Waals surface area (Å²) in [7, 11) is -2.95. The molecule has 2 fully saturated rings. The van der Waals surface area contributed by atoms with Crippen LogP contribution in [0.1, 0.15) is 20.3 Å². The van der Waals surface area contributed by atoms with Gasteiger partial charge in [-0.05, 0) is 20.3 Å². The van der Waals surface area contributed by atoms with E-state index in [1.165, 1.54) is 0 Å². The first kappa shape index (κ1) is 13.6. The molecule has 2 rings (SSSR count). The highest BCUT2D eigenvalue weighted by Crippen LogP contribution is 2.14. The van der Waals surface area contributed by atoms with Crippen molar-refractivity contribution in [2.24, 2.45) is 0 Å². The Bertz CT molecular complexity index is 413. The summed E-state index contributed by atoms with van der Waals surface area (Å²) in [4.78, 5) is 13.7. The van der Waals surface area contributed by atoms with E-state index in [-0.39, 0.29) is 35.8 Å². The number of rotatable bonds is 1. The van der Waals surface area contributed by atoms with Crippen molar-refractivity contribution >= 4 is 15.9 Å². The lowest BCUT2D eigenvalue weighted by molar-refractivity contribution is -0.0547. The van der Waals surface area contributed by atoms with Gasteiger partial charge in [-0.2, -0.15) is 0 Å². The first-order valence-corrected chi connectivity index (χ1v) is 8.09. The van der Waals surface area contributed by atoms with Gasteiger partial charge in [0.05, 0.1) is 23.7 Å². The Hall–Kier alpha value is -0.820. The van der Waals surface area contributed by atoms with Crippen molar-refractivity contribution < 1.29 is 17.9 Å². The molecule has 6 nitrogen and oxygen atoms in total. The second kappa shape index (κ2) is 5.05. The number of hydrogen-bond acceptors (Lipinski definition) is 4. The molecule has 2 heterocycles. The van der Waals surface area contributed by atoms with Crippen LogP contribution in [0.3, 0.4) is 0 Å². The predicted octanol–water partition coefficient (Wildman–Crippen LogP) is -0.00770. The summed E-state index contributed by atoms with van der Waals surface area (Å²) >= 11 is 0. The van der Waals surface area contributed by atoms with Crippen molar-refractivity contribution in [3.05, 3.63) is 0 Å². The molecule has 0 radical (unpaired) electrons. The average Bonchev–Trinajstić information content (AvgIpc) is 2.56. The summed E-state index contributed by atoms with van der Waals surface area (Å²) in [5.41, 5.74) is 0. The molecule has 2 aliphatic heterocycles. The number of carbonyl (C=O) groups is 1. The number of ether oxygens (including phenoxy) is 1. The van der Waals surface area contributed by atoms with Gasteiger partial charge in [-0.25, -0.2) is 13.2 Å². The predicted molar refractivity (Wildman–Crippen MR) is 67.2 cm³/mol. The molecule has 2 aliphatic rings. The molecule has 0 aromatic heterocycles. The third-order valence-corrected chi connectivity index (χ3v) is 5.03. The number of carbonyl (C=O) groups excluding carboxylic acids is 1. The molecule has 104 valence electrons. The molecule has 0 aromatic carbocycles. The van der Waals surface area contributed by atoms with Gasteiger partial charge in [0.25, 0.3) is 0 Å². The molecule has 0 aromatic rings. The summed E-state index contributed by atoms with van der Waals surface area (Å²) in [6.07, 6.45) is 0.558. The van der Waals surface area contributed by atoms with Crippen LogP contribution in [0, 0.1) is 0 Å². The Balaban J connectivity index is 1.88. The maximum Gasteiger partial charge on any atom is 0.317 e. The summed E-state index contributed by atoms with van der Waals surface area (Å²) in [6.45, 7) is 4.96. The molecule has 2 amide bonds. The van der Waals surface area contributed by atoms with Crippen LogP contribution in [-0.4, -0.2) is 62.2 Å². The Labute approximate surface area is 108 Å². The summed E-state index contributed by atoms with van der Waals surface area (Å²) in [5, 5.41) is 2.80. The number of hydrogen-bond donors (Lipinski definition) is 1. The van der Waals surface area contributed by atoms with Crippen molar-refractivity contribution in [1.82, 2.24) is 10.2 Å². The monoisotopic (exact) mass is 276 g/mol. The van der Waals surface area contributed by atoms with E-state index in [9.17, 15) is 13.2 Å². The van der Waals surface area contributed by atoms with Crippen LogP contribution in [0.4, 0.5) is 4.79 Å². The molecule has 0 saturated carbocycles. The lowest BCUT2D eigenvalue weighted by Crippen LogP contribution is -2.53. The standard InChI is InChI=1S/C11H20N2O4S/c1-8-5-13(6-9(2)17-8)11(14)12-10-3-4-18(15,16)7-10/h8-10H,3-7H2,1-2H3,(H,12,14). The molecule has 0 aliphatic carbocycles. The van der Waals surface area contributed by atoms with Crippen LogP contribution in [-0.2, 0) is 14.6 Å². The van der Waals surface area contributed by atoms with Gasteiger partial charge in [0, 0.05) is 19.1 Å². The van der Waals surface area contributed by atoms with Crippen LogP contribution in [0.2, 0.25) is 0 Å². The van der Waals surface area contributed by atoms with Crippen LogP contribution < -0.4 is 5.32 Å². The third-order valence-electron chi connectivity index (χ3n) is 3.27. The van der Waals surface area contributed by atoms with Gasteiger partial charge in [-0.3, -0.25) is 0 Å². The maximum atomic E-state index is 12.0. The van der Waals surface area contributed by atoms with Crippen LogP contribution >= 0.6 is 0 Å². The van der Waals surface area contributed by atoms with Gasteiger partial charge in [0.15, 0.2) is 9.84 Å². The Morgan fingerprint density at radius 2 is 1.89 bits per heavy atom. The summed E-state index contributed by atoms with van der Waals surface area (Å²) < 4.78 is 28.2. The topological polar surface area (TPSA) is 75.7 Å². The normalized spacial score (nSPS) is 35.4. The minimum Gasteiger partial charge on any atom is -0.372 e. The first-order valence-electron chi connectivity index (χ1n) is 6.27. The molecular formula is C11H20N2O4S. The highest BCUT2D eigenvalue weighted by Gasteiger charge is 2.32. The molecule has 3 atom stereocenters. The van der Waals surface area contributed by atoms with Crippen molar-refractivity contribution in [3.63, 3.8) is 0 Å². The van der Waals surface area contributed by atoms with Gasteiger partial charge < -0.3 is 15.0 Å². The summed E-state index contributed by atoms with van der Waals surface area (Å²) in [6, 6.07) is -0.421. The first-order chi connectivity index (χ1) is 8.35. The number of amides is 2. The van der Waals surface area contributed by atoms with E-state index >= 15 is 0 Å². The van der Waals surface area contributed by atoms with E-state index in [4.69, 9.17) is 4.74 Å². The van der Waals surface area contributed by atoms with Gasteiger partial charge in [0.1, 0.15) is 0 Å². The number of sulfone groups is 1. The zero-order valence-corrected chi connectivity index (χ0v) is 11.6. The fourth-order valence-electron chi connectivity index (χ4n) is 2.52.